The summed E-state index contributed by atoms with van der Waals surface area (Å²) in [5.74, 6) is 1.32. The highest BCUT2D eigenvalue weighted by molar-refractivity contribution is 6.01. The van der Waals surface area contributed by atoms with Gasteiger partial charge in [0.25, 0.3) is 5.91 Å². The van der Waals surface area contributed by atoms with Crippen LogP contribution in [0.2, 0.25) is 0 Å². The number of ether oxygens (including phenoxy) is 2. The van der Waals surface area contributed by atoms with Gasteiger partial charge in [-0.15, -0.1) is 0 Å². The number of amides is 2. The molecule has 3 heterocycles. The van der Waals surface area contributed by atoms with E-state index in [9.17, 15) is 9.59 Å². The van der Waals surface area contributed by atoms with Crippen LogP contribution in [0.3, 0.4) is 0 Å². The Morgan fingerprint density at radius 2 is 1.86 bits per heavy atom. The van der Waals surface area contributed by atoms with Crippen LogP contribution in [-0.4, -0.2) is 59.4 Å². The van der Waals surface area contributed by atoms with Gasteiger partial charge >= 0.3 is 0 Å². The van der Waals surface area contributed by atoms with Gasteiger partial charge in [-0.05, 0) is 55.5 Å². The molecular formula is C30H35N3O4. The Morgan fingerprint density at radius 3 is 2.62 bits per heavy atom. The van der Waals surface area contributed by atoms with Gasteiger partial charge < -0.3 is 24.3 Å². The van der Waals surface area contributed by atoms with Crippen molar-refractivity contribution in [1.82, 2.24) is 14.8 Å². The zero-order valence-electron chi connectivity index (χ0n) is 21.9. The van der Waals surface area contributed by atoms with Gasteiger partial charge in [0.1, 0.15) is 6.54 Å². The molecule has 0 radical (unpaired) electrons. The number of methoxy groups -OCH3 is 1. The Morgan fingerprint density at radius 1 is 1.08 bits per heavy atom. The van der Waals surface area contributed by atoms with Crippen molar-refractivity contribution < 1.29 is 19.1 Å². The normalized spacial score (nSPS) is 23.9. The second-order valence-corrected chi connectivity index (χ2v) is 10.7. The van der Waals surface area contributed by atoms with Crippen molar-refractivity contribution in [3.05, 3.63) is 59.3 Å². The largest absolute Gasteiger partial charge is 0.493 e. The molecule has 1 N–H and O–H groups in total. The number of aromatic nitrogens is 1. The van der Waals surface area contributed by atoms with E-state index in [-0.39, 0.29) is 30.3 Å². The Labute approximate surface area is 217 Å². The highest BCUT2D eigenvalue weighted by atomic mass is 16.5. The summed E-state index contributed by atoms with van der Waals surface area (Å²) in [7, 11) is 1.65. The summed E-state index contributed by atoms with van der Waals surface area (Å²) >= 11 is 0. The maximum absolute atomic E-state index is 14.2. The molecule has 1 saturated carbocycles. The second kappa shape index (κ2) is 9.12. The molecule has 0 bridgehead atoms. The van der Waals surface area contributed by atoms with E-state index in [1.54, 1.807) is 7.11 Å². The third-order valence-corrected chi connectivity index (χ3v) is 8.59. The summed E-state index contributed by atoms with van der Waals surface area (Å²) in [4.78, 5) is 35.2. The minimum Gasteiger partial charge on any atom is -0.493 e. The average molecular weight is 502 g/mol. The molecule has 0 spiro atoms. The highest BCUT2D eigenvalue weighted by Crippen LogP contribution is 2.49. The molecule has 2 amide bonds. The van der Waals surface area contributed by atoms with E-state index in [4.69, 9.17) is 9.47 Å². The Kier molecular flexibility index (Phi) is 5.89. The number of nitrogens with one attached hydrogen (secondary N) is 1. The molecule has 2 aliphatic heterocycles. The van der Waals surface area contributed by atoms with E-state index in [1.165, 1.54) is 0 Å². The summed E-state index contributed by atoms with van der Waals surface area (Å²) in [6.07, 6.45) is 5.09. The molecule has 3 aliphatic rings. The van der Waals surface area contributed by atoms with Gasteiger partial charge in [-0.2, -0.15) is 0 Å². The molecule has 6 rings (SSSR count). The molecule has 194 valence electrons. The zero-order chi connectivity index (χ0) is 25.7. The number of piperazine rings is 1. The molecular weight excluding hydrogens is 466 g/mol. The van der Waals surface area contributed by atoms with E-state index < -0.39 is 5.54 Å². The van der Waals surface area contributed by atoms with Crippen molar-refractivity contribution in [2.24, 2.45) is 0 Å². The fraction of sp³-hybridized carbons (Fsp3) is 0.467. The molecule has 1 aliphatic carbocycles. The standard InChI is InChI=1S/C30H35N3O4/c1-4-15-37-24-14-13-19(16-25(24)36-3)22-17-33-26(34)18-32(20-9-5-6-10-20)29(35)30(33,2)28-27(22)21-11-7-8-12-23(21)31-28/h7-8,11-14,16,20,22,31H,4-6,9-10,15,17-18H2,1-3H3/t22-,30-/m0/s1. The smallest absolute Gasteiger partial charge is 0.255 e. The summed E-state index contributed by atoms with van der Waals surface area (Å²) in [5.41, 5.74) is 2.88. The lowest BCUT2D eigenvalue weighted by Crippen LogP contribution is -2.68. The number of carbonyl (C=O) groups excluding carboxylic acids is 2. The van der Waals surface area contributed by atoms with Crippen molar-refractivity contribution >= 4 is 22.7 Å². The van der Waals surface area contributed by atoms with Gasteiger partial charge in [-0.3, -0.25) is 9.59 Å². The monoisotopic (exact) mass is 501 g/mol. The van der Waals surface area contributed by atoms with Crippen LogP contribution in [0.25, 0.3) is 10.9 Å². The van der Waals surface area contributed by atoms with Crippen LogP contribution in [-0.2, 0) is 15.1 Å². The summed E-state index contributed by atoms with van der Waals surface area (Å²) in [6, 6.07) is 14.4. The molecule has 7 heteroatoms. The minimum absolute atomic E-state index is 0.0122. The lowest BCUT2D eigenvalue weighted by molar-refractivity contribution is -0.168. The van der Waals surface area contributed by atoms with Gasteiger partial charge in [-0.1, -0.05) is 44.0 Å². The zero-order valence-corrected chi connectivity index (χ0v) is 21.9. The van der Waals surface area contributed by atoms with E-state index >= 15 is 0 Å². The van der Waals surface area contributed by atoms with Crippen LogP contribution in [0.4, 0.5) is 0 Å². The number of aromatic amines is 1. The van der Waals surface area contributed by atoms with Crippen LogP contribution >= 0.6 is 0 Å². The molecule has 2 aromatic carbocycles. The van der Waals surface area contributed by atoms with E-state index in [1.807, 2.05) is 47.1 Å². The third-order valence-electron chi connectivity index (χ3n) is 8.59. The number of rotatable bonds is 6. The Balaban J connectivity index is 1.50. The number of fused-ring (bicyclic) bond motifs is 5. The molecule has 7 nitrogen and oxygen atoms in total. The van der Waals surface area contributed by atoms with Gasteiger partial charge in [0.15, 0.2) is 17.0 Å². The number of hydrogen-bond acceptors (Lipinski definition) is 4. The average Bonchev–Trinajstić information content (AvgIpc) is 3.59. The number of carbonyl (C=O) groups is 2. The summed E-state index contributed by atoms with van der Waals surface area (Å²) in [6.45, 7) is 5.22. The van der Waals surface area contributed by atoms with Gasteiger partial charge in [0.05, 0.1) is 19.4 Å². The SMILES string of the molecule is CCCOc1ccc([C@@H]2CN3C(=O)CN(C4CCCC4)C(=O)[C@]3(C)c3[nH]c4ccccc4c32)cc1OC. The fourth-order valence-corrected chi connectivity index (χ4v) is 6.67. The molecule has 2 atom stereocenters. The first kappa shape index (κ1) is 23.9. The fourth-order valence-electron chi connectivity index (χ4n) is 6.67. The van der Waals surface area contributed by atoms with Crippen molar-refractivity contribution in [3.8, 4) is 11.5 Å². The molecule has 37 heavy (non-hydrogen) atoms. The van der Waals surface area contributed by atoms with Crippen LogP contribution in [0, 0.1) is 0 Å². The van der Waals surface area contributed by atoms with Crippen LogP contribution < -0.4 is 9.47 Å². The van der Waals surface area contributed by atoms with Crippen molar-refractivity contribution in [1.29, 1.82) is 0 Å². The topological polar surface area (TPSA) is 74.9 Å². The van der Waals surface area contributed by atoms with Crippen LogP contribution in [0.1, 0.15) is 68.7 Å². The third kappa shape index (κ3) is 3.62. The molecule has 2 fully saturated rings. The maximum atomic E-state index is 14.2. The van der Waals surface area contributed by atoms with Crippen molar-refractivity contribution in [2.75, 3.05) is 26.8 Å². The number of nitrogens with zero attached hydrogens (tertiary/aromatic N) is 2. The highest BCUT2D eigenvalue weighted by Gasteiger charge is 2.57. The van der Waals surface area contributed by atoms with Crippen molar-refractivity contribution in [2.45, 2.75) is 63.5 Å². The lowest BCUT2D eigenvalue weighted by atomic mass is 9.76. The number of H-pyrrole nitrogens is 1. The number of hydrogen-bond donors (Lipinski definition) is 1. The Bertz CT molecular complexity index is 1360. The first-order valence-corrected chi connectivity index (χ1v) is 13.5. The molecule has 1 saturated heterocycles. The minimum atomic E-state index is -1.06. The molecule has 0 unspecified atom stereocenters. The van der Waals surface area contributed by atoms with Crippen molar-refractivity contribution in [3.63, 3.8) is 0 Å². The van der Waals surface area contributed by atoms with Crippen LogP contribution in [0.5, 0.6) is 11.5 Å². The first-order valence-electron chi connectivity index (χ1n) is 13.5. The number of para-hydroxylation sites is 1. The first-order chi connectivity index (χ1) is 18.0. The van der Waals surface area contributed by atoms with E-state index in [0.29, 0.717) is 24.7 Å². The van der Waals surface area contributed by atoms with E-state index in [0.717, 1.165) is 59.8 Å². The van der Waals surface area contributed by atoms with Gasteiger partial charge in [0.2, 0.25) is 5.91 Å². The maximum Gasteiger partial charge on any atom is 0.255 e. The predicted molar refractivity (Wildman–Crippen MR) is 142 cm³/mol. The predicted octanol–water partition coefficient (Wildman–Crippen LogP) is 4.94. The molecule has 1 aromatic heterocycles. The lowest BCUT2D eigenvalue weighted by Gasteiger charge is -2.52. The quantitative estimate of drug-likeness (QED) is 0.519. The number of benzene rings is 2. The van der Waals surface area contributed by atoms with Gasteiger partial charge in [-0.25, -0.2) is 0 Å². The second-order valence-electron chi connectivity index (χ2n) is 10.7. The van der Waals surface area contributed by atoms with Crippen LogP contribution in [0.15, 0.2) is 42.5 Å². The molecule has 3 aromatic rings. The summed E-state index contributed by atoms with van der Waals surface area (Å²) < 4.78 is 11.6. The summed E-state index contributed by atoms with van der Waals surface area (Å²) in [5, 5.41) is 1.09. The van der Waals surface area contributed by atoms with E-state index in [2.05, 4.69) is 24.0 Å². The Hall–Kier alpha value is -3.48. The van der Waals surface area contributed by atoms with Gasteiger partial charge in [0, 0.05) is 29.4 Å².